The summed E-state index contributed by atoms with van der Waals surface area (Å²) in [5, 5.41) is 10.9. The van der Waals surface area contributed by atoms with Gasteiger partial charge in [-0.15, -0.1) is 0 Å². The number of pyridine rings is 1. The SMILES string of the molecule is OC1(c2ccc(Br)cn2)CCC(N2CCCCC2)CC1. The second kappa shape index (κ2) is 6.12. The van der Waals surface area contributed by atoms with Crippen molar-refractivity contribution in [3.63, 3.8) is 0 Å². The van der Waals surface area contributed by atoms with Gasteiger partial charge in [-0.05, 0) is 79.7 Å². The Hall–Kier alpha value is -0.450. The first kappa shape index (κ1) is 14.5. The predicted molar refractivity (Wildman–Crippen MR) is 83.5 cm³/mol. The van der Waals surface area contributed by atoms with E-state index >= 15 is 0 Å². The van der Waals surface area contributed by atoms with Gasteiger partial charge in [0.05, 0.1) is 5.69 Å². The lowest BCUT2D eigenvalue weighted by atomic mass is 9.79. The van der Waals surface area contributed by atoms with Gasteiger partial charge in [0.2, 0.25) is 0 Å². The summed E-state index contributed by atoms with van der Waals surface area (Å²) in [6.07, 6.45) is 9.71. The van der Waals surface area contributed by atoms with Crippen LogP contribution < -0.4 is 0 Å². The molecule has 0 radical (unpaired) electrons. The van der Waals surface area contributed by atoms with Crippen molar-refractivity contribution < 1.29 is 5.11 Å². The Bertz CT molecular complexity index is 434. The first-order valence-electron chi connectivity index (χ1n) is 7.76. The quantitative estimate of drug-likeness (QED) is 0.896. The van der Waals surface area contributed by atoms with Crippen LogP contribution >= 0.6 is 15.9 Å². The van der Waals surface area contributed by atoms with E-state index in [0.29, 0.717) is 6.04 Å². The largest absolute Gasteiger partial charge is 0.384 e. The summed E-state index contributed by atoms with van der Waals surface area (Å²) >= 11 is 3.40. The number of nitrogens with zero attached hydrogens (tertiary/aromatic N) is 2. The minimum Gasteiger partial charge on any atom is -0.384 e. The topological polar surface area (TPSA) is 36.4 Å². The van der Waals surface area contributed by atoms with Crippen molar-refractivity contribution in [1.29, 1.82) is 0 Å². The van der Waals surface area contributed by atoms with Crippen LogP contribution in [0.5, 0.6) is 0 Å². The highest BCUT2D eigenvalue weighted by atomic mass is 79.9. The zero-order chi connectivity index (χ0) is 14.0. The van der Waals surface area contributed by atoms with Crippen molar-refractivity contribution in [3.8, 4) is 0 Å². The van der Waals surface area contributed by atoms with Gasteiger partial charge in [0.25, 0.3) is 0 Å². The molecule has 110 valence electrons. The van der Waals surface area contributed by atoms with Gasteiger partial charge >= 0.3 is 0 Å². The van der Waals surface area contributed by atoms with E-state index in [4.69, 9.17) is 0 Å². The highest BCUT2D eigenvalue weighted by Gasteiger charge is 2.37. The molecule has 0 bridgehead atoms. The minimum absolute atomic E-state index is 0.672. The Morgan fingerprint density at radius 1 is 1.15 bits per heavy atom. The number of rotatable bonds is 2. The van der Waals surface area contributed by atoms with E-state index in [0.717, 1.165) is 35.8 Å². The number of halogens is 1. The fourth-order valence-electron chi connectivity index (χ4n) is 3.64. The van der Waals surface area contributed by atoms with Crippen LogP contribution in [0.2, 0.25) is 0 Å². The van der Waals surface area contributed by atoms with E-state index in [2.05, 4.69) is 25.8 Å². The van der Waals surface area contributed by atoms with Gasteiger partial charge in [-0.25, -0.2) is 0 Å². The van der Waals surface area contributed by atoms with Gasteiger partial charge in [0.15, 0.2) is 0 Å². The van der Waals surface area contributed by atoms with Gasteiger partial charge in [-0.3, -0.25) is 4.98 Å². The average Bonchev–Trinajstić information content (AvgIpc) is 2.49. The molecule has 1 aromatic heterocycles. The summed E-state index contributed by atoms with van der Waals surface area (Å²) < 4.78 is 0.965. The number of aromatic nitrogens is 1. The van der Waals surface area contributed by atoms with Crippen molar-refractivity contribution in [1.82, 2.24) is 9.88 Å². The first-order chi connectivity index (χ1) is 9.67. The van der Waals surface area contributed by atoms with Gasteiger partial charge in [0, 0.05) is 16.7 Å². The van der Waals surface area contributed by atoms with E-state index in [1.54, 1.807) is 6.20 Å². The summed E-state index contributed by atoms with van der Waals surface area (Å²) in [6.45, 7) is 2.50. The average molecular weight is 339 g/mol. The number of hydrogen-bond acceptors (Lipinski definition) is 3. The molecular weight excluding hydrogens is 316 g/mol. The molecule has 4 heteroatoms. The lowest BCUT2D eigenvalue weighted by Gasteiger charge is -2.42. The predicted octanol–water partition coefficient (Wildman–Crippen LogP) is 3.46. The maximum atomic E-state index is 10.9. The van der Waals surface area contributed by atoms with E-state index in [1.165, 1.54) is 32.4 Å². The second-order valence-electron chi connectivity index (χ2n) is 6.22. The van der Waals surface area contributed by atoms with E-state index in [9.17, 15) is 5.11 Å². The molecule has 1 saturated heterocycles. The molecular formula is C16H23BrN2O. The van der Waals surface area contributed by atoms with Crippen molar-refractivity contribution in [2.24, 2.45) is 0 Å². The van der Waals surface area contributed by atoms with Gasteiger partial charge in [-0.2, -0.15) is 0 Å². The Labute approximate surface area is 129 Å². The number of likely N-dealkylation sites (tertiary alicyclic amines) is 1. The maximum absolute atomic E-state index is 10.9. The van der Waals surface area contributed by atoms with Crippen molar-refractivity contribution in [3.05, 3.63) is 28.5 Å². The van der Waals surface area contributed by atoms with Crippen LogP contribution in [0.1, 0.15) is 50.6 Å². The smallest absolute Gasteiger partial charge is 0.107 e. The standard InChI is InChI=1S/C16H23BrN2O/c17-13-4-5-15(18-12-13)16(20)8-6-14(7-9-16)19-10-2-1-3-11-19/h4-5,12,14,20H,1-3,6-11H2. The summed E-state index contributed by atoms with van der Waals surface area (Å²) in [7, 11) is 0. The summed E-state index contributed by atoms with van der Waals surface area (Å²) in [6, 6.07) is 4.59. The molecule has 0 aromatic carbocycles. The number of piperidine rings is 1. The molecule has 3 nitrogen and oxygen atoms in total. The summed E-state index contributed by atoms with van der Waals surface area (Å²) in [4.78, 5) is 7.04. The molecule has 1 aliphatic heterocycles. The molecule has 20 heavy (non-hydrogen) atoms. The van der Waals surface area contributed by atoms with Crippen molar-refractivity contribution in [2.75, 3.05) is 13.1 Å². The molecule has 1 saturated carbocycles. The van der Waals surface area contributed by atoms with Gasteiger partial charge in [-0.1, -0.05) is 6.42 Å². The lowest BCUT2D eigenvalue weighted by molar-refractivity contribution is -0.0306. The normalized spacial score (nSPS) is 32.2. The molecule has 0 atom stereocenters. The molecule has 2 heterocycles. The molecule has 0 unspecified atom stereocenters. The van der Waals surface area contributed by atoms with E-state index in [1.807, 2.05) is 12.1 Å². The Morgan fingerprint density at radius 2 is 1.85 bits per heavy atom. The molecule has 1 N–H and O–H groups in total. The van der Waals surface area contributed by atoms with Crippen LogP contribution in [0.3, 0.4) is 0 Å². The van der Waals surface area contributed by atoms with Crippen LogP contribution in [-0.4, -0.2) is 34.1 Å². The molecule has 2 fully saturated rings. The summed E-state index contributed by atoms with van der Waals surface area (Å²) in [5.41, 5.74) is 0.116. The van der Waals surface area contributed by atoms with Crippen LogP contribution in [0.4, 0.5) is 0 Å². The van der Waals surface area contributed by atoms with Crippen molar-refractivity contribution >= 4 is 15.9 Å². The van der Waals surface area contributed by atoms with Gasteiger partial charge < -0.3 is 10.0 Å². The van der Waals surface area contributed by atoms with Crippen LogP contribution in [-0.2, 0) is 5.60 Å². The minimum atomic E-state index is -0.715. The molecule has 0 spiro atoms. The lowest BCUT2D eigenvalue weighted by Crippen LogP contribution is -2.44. The number of aliphatic hydroxyl groups is 1. The fourth-order valence-corrected chi connectivity index (χ4v) is 3.87. The maximum Gasteiger partial charge on any atom is 0.107 e. The third-order valence-electron chi connectivity index (χ3n) is 4.89. The zero-order valence-corrected chi connectivity index (χ0v) is 13.5. The van der Waals surface area contributed by atoms with Gasteiger partial charge in [0.1, 0.15) is 5.60 Å². The Balaban J connectivity index is 1.63. The number of hydrogen-bond donors (Lipinski definition) is 1. The highest BCUT2D eigenvalue weighted by Crippen LogP contribution is 2.38. The third kappa shape index (κ3) is 3.07. The molecule has 0 amide bonds. The van der Waals surface area contributed by atoms with E-state index in [-0.39, 0.29) is 0 Å². The fraction of sp³-hybridized carbons (Fsp3) is 0.688. The monoisotopic (exact) mass is 338 g/mol. The first-order valence-corrected chi connectivity index (χ1v) is 8.55. The Kier molecular flexibility index (Phi) is 4.43. The zero-order valence-electron chi connectivity index (χ0n) is 11.9. The summed E-state index contributed by atoms with van der Waals surface area (Å²) in [5.74, 6) is 0. The van der Waals surface area contributed by atoms with E-state index < -0.39 is 5.60 Å². The highest BCUT2D eigenvalue weighted by molar-refractivity contribution is 9.10. The Morgan fingerprint density at radius 3 is 2.45 bits per heavy atom. The molecule has 2 aliphatic rings. The second-order valence-corrected chi connectivity index (χ2v) is 7.14. The molecule has 1 aromatic rings. The van der Waals surface area contributed by atoms with Crippen molar-refractivity contribution in [2.45, 2.75) is 56.6 Å². The molecule has 3 rings (SSSR count). The van der Waals surface area contributed by atoms with Crippen LogP contribution in [0.25, 0.3) is 0 Å². The van der Waals surface area contributed by atoms with Crippen LogP contribution in [0.15, 0.2) is 22.8 Å². The molecule has 1 aliphatic carbocycles. The van der Waals surface area contributed by atoms with Crippen LogP contribution in [0, 0.1) is 0 Å². The third-order valence-corrected chi connectivity index (χ3v) is 5.36.